The van der Waals surface area contributed by atoms with E-state index in [9.17, 15) is 0 Å². The van der Waals surface area contributed by atoms with Crippen LogP contribution in [-0.2, 0) is 12.8 Å². The second-order valence-corrected chi connectivity index (χ2v) is 3.66. The van der Waals surface area contributed by atoms with Crippen LogP contribution in [0.4, 0.5) is 0 Å². The van der Waals surface area contributed by atoms with Crippen molar-refractivity contribution in [3.05, 3.63) is 29.3 Å². The van der Waals surface area contributed by atoms with Crippen LogP contribution < -0.4 is 4.74 Å². The Hall–Kier alpha value is -1.31. The van der Waals surface area contributed by atoms with Crippen molar-refractivity contribution in [2.24, 2.45) is 0 Å². The van der Waals surface area contributed by atoms with Crippen molar-refractivity contribution >= 4 is 5.90 Å². The predicted octanol–water partition coefficient (Wildman–Crippen LogP) is 2.94. The maximum absolute atomic E-state index is 7.45. The first-order valence-corrected chi connectivity index (χ1v) is 5.16. The van der Waals surface area contributed by atoms with Crippen LogP contribution in [0.3, 0.4) is 0 Å². The van der Waals surface area contributed by atoms with Gasteiger partial charge in [0.15, 0.2) is 5.90 Å². The molecule has 0 bridgehead atoms. The normalized spacial score (nSPS) is 13.8. The minimum Gasteiger partial charge on any atom is -0.444 e. The number of benzene rings is 1. The van der Waals surface area contributed by atoms with Crippen molar-refractivity contribution in [2.45, 2.75) is 32.6 Å². The van der Waals surface area contributed by atoms with Crippen LogP contribution in [0.5, 0.6) is 5.75 Å². The second-order valence-electron chi connectivity index (χ2n) is 3.66. The monoisotopic (exact) mass is 189 g/mol. The summed E-state index contributed by atoms with van der Waals surface area (Å²) < 4.78 is 5.37. The van der Waals surface area contributed by atoms with Gasteiger partial charge < -0.3 is 4.74 Å². The number of fused-ring (bicyclic) bond motifs is 1. The van der Waals surface area contributed by atoms with Crippen molar-refractivity contribution in [1.29, 1.82) is 5.41 Å². The third-order valence-corrected chi connectivity index (χ3v) is 2.63. The van der Waals surface area contributed by atoms with Crippen molar-refractivity contribution < 1.29 is 4.74 Å². The van der Waals surface area contributed by atoms with Gasteiger partial charge in [0.1, 0.15) is 5.75 Å². The molecule has 0 atom stereocenters. The van der Waals surface area contributed by atoms with E-state index in [1.165, 1.54) is 24.0 Å². The van der Waals surface area contributed by atoms with Gasteiger partial charge in [-0.3, -0.25) is 5.41 Å². The van der Waals surface area contributed by atoms with Crippen LogP contribution in [0.2, 0.25) is 0 Å². The molecule has 0 spiro atoms. The second kappa shape index (κ2) is 3.82. The summed E-state index contributed by atoms with van der Waals surface area (Å²) in [5.74, 6) is 1.15. The molecule has 0 amide bonds. The Morgan fingerprint density at radius 1 is 1.36 bits per heavy atom. The molecule has 0 heterocycles. The van der Waals surface area contributed by atoms with Crippen LogP contribution in [0, 0.1) is 5.41 Å². The smallest absolute Gasteiger partial charge is 0.187 e. The summed E-state index contributed by atoms with van der Waals surface area (Å²) in [4.78, 5) is 0. The third-order valence-electron chi connectivity index (χ3n) is 2.63. The van der Waals surface area contributed by atoms with Crippen LogP contribution >= 0.6 is 0 Å². The topological polar surface area (TPSA) is 33.1 Å². The van der Waals surface area contributed by atoms with Crippen LogP contribution in [0.1, 0.15) is 30.9 Å². The fraction of sp³-hybridized carbons (Fsp3) is 0.417. The largest absolute Gasteiger partial charge is 0.444 e. The average Bonchev–Trinajstić information content (AvgIpc) is 2.64. The van der Waals surface area contributed by atoms with Gasteiger partial charge in [0.05, 0.1) is 0 Å². The lowest BCUT2D eigenvalue weighted by atomic mass is 10.1. The minimum atomic E-state index is 0.336. The zero-order chi connectivity index (χ0) is 9.97. The molecule has 0 fully saturated rings. The molecular formula is C12H15NO. The Labute approximate surface area is 84.4 Å². The summed E-state index contributed by atoms with van der Waals surface area (Å²) in [6.45, 7) is 1.93. The Morgan fingerprint density at radius 2 is 2.14 bits per heavy atom. The summed E-state index contributed by atoms with van der Waals surface area (Å²) in [7, 11) is 0. The lowest BCUT2D eigenvalue weighted by Crippen LogP contribution is -2.04. The molecule has 2 rings (SSSR count). The van der Waals surface area contributed by atoms with Crippen molar-refractivity contribution in [1.82, 2.24) is 0 Å². The van der Waals surface area contributed by atoms with Gasteiger partial charge in [-0.15, -0.1) is 0 Å². The predicted molar refractivity (Wildman–Crippen MR) is 57.1 cm³/mol. The molecule has 1 N–H and O–H groups in total. The van der Waals surface area contributed by atoms with Crippen LogP contribution in [0.15, 0.2) is 18.2 Å². The summed E-state index contributed by atoms with van der Waals surface area (Å²) >= 11 is 0. The van der Waals surface area contributed by atoms with E-state index in [-0.39, 0.29) is 0 Å². The van der Waals surface area contributed by atoms with E-state index in [0.29, 0.717) is 12.3 Å². The molecule has 0 unspecified atom stereocenters. The van der Waals surface area contributed by atoms with E-state index in [1.807, 2.05) is 13.0 Å². The maximum Gasteiger partial charge on any atom is 0.187 e. The Morgan fingerprint density at radius 3 is 2.93 bits per heavy atom. The summed E-state index contributed by atoms with van der Waals surface area (Å²) in [5, 5.41) is 7.45. The molecule has 0 radical (unpaired) electrons. The number of rotatable bonds is 2. The molecular weight excluding hydrogens is 174 g/mol. The lowest BCUT2D eigenvalue weighted by molar-refractivity contribution is 0.529. The van der Waals surface area contributed by atoms with E-state index in [4.69, 9.17) is 10.1 Å². The fourth-order valence-electron chi connectivity index (χ4n) is 1.83. The van der Waals surface area contributed by atoms with E-state index in [0.717, 1.165) is 12.2 Å². The van der Waals surface area contributed by atoms with Crippen molar-refractivity contribution in [3.8, 4) is 5.75 Å². The van der Waals surface area contributed by atoms with Gasteiger partial charge in [-0.2, -0.15) is 0 Å². The molecule has 0 aliphatic heterocycles. The van der Waals surface area contributed by atoms with Gasteiger partial charge in [0.2, 0.25) is 0 Å². The Bertz CT molecular complexity index is 357. The molecule has 0 saturated heterocycles. The first kappa shape index (κ1) is 9.25. The highest BCUT2D eigenvalue weighted by Gasteiger charge is 2.11. The van der Waals surface area contributed by atoms with E-state index in [1.54, 1.807) is 0 Å². The van der Waals surface area contributed by atoms with E-state index < -0.39 is 0 Å². The number of hydrogen-bond donors (Lipinski definition) is 1. The first-order chi connectivity index (χ1) is 6.79. The number of nitrogens with one attached hydrogen (secondary N) is 1. The molecule has 2 heteroatoms. The van der Waals surface area contributed by atoms with Gasteiger partial charge >= 0.3 is 0 Å². The van der Waals surface area contributed by atoms with Gasteiger partial charge in [-0.25, -0.2) is 0 Å². The molecule has 74 valence electrons. The van der Waals surface area contributed by atoms with Gasteiger partial charge in [-0.1, -0.05) is 13.0 Å². The van der Waals surface area contributed by atoms with Gasteiger partial charge in [0.25, 0.3) is 0 Å². The van der Waals surface area contributed by atoms with Crippen LogP contribution in [-0.4, -0.2) is 5.90 Å². The molecule has 14 heavy (non-hydrogen) atoms. The zero-order valence-corrected chi connectivity index (χ0v) is 8.47. The minimum absolute atomic E-state index is 0.336. The molecule has 1 aliphatic rings. The number of hydrogen-bond acceptors (Lipinski definition) is 2. The molecule has 1 aliphatic carbocycles. The zero-order valence-electron chi connectivity index (χ0n) is 8.47. The fourth-order valence-corrected chi connectivity index (χ4v) is 1.83. The number of ether oxygens (including phenoxy) is 1. The highest BCUT2D eigenvalue weighted by molar-refractivity contribution is 5.75. The molecule has 0 saturated carbocycles. The SMILES string of the molecule is CCC(=N)Oc1ccc2c(c1)CCC2. The molecule has 1 aromatic carbocycles. The summed E-state index contributed by atoms with van der Waals surface area (Å²) in [6.07, 6.45) is 4.26. The third kappa shape index (κ3) is 1.79. The molecule has 1 aromatic rings. The average molecular weight is 189 g/mol. The van der Waals surface area contributed by atoms with Gasteiger partial charge in [0, 0.05) is 6.42 Å². The molecule has 2 nitrogen and oxygen atoms in total. The standard InChI is InChI=1S/C12H15NO/c1-2-12(13)14-11-7-6-9-4-3-5-10(9)8-11/h6-8,13H,2-5H2,1H3. The Kier molecular flexibility index (Phi) is 2.53. The molecule has 0 aromatic heterocycles. The van der Waals surface area contributed by atoms with Crippen molar-refractivity contribution in [2.75, 3.05) is 0 Å². The van der Waals surface area contributed by atoms with E-state index in [2.05, 4.69) is 12.1 Å². The first-order valence-electron chi connectivity index (χ1n) is 5.16. The Balaban J connectivity index is 2.16. The van der Waals surface area contributed by atoms with Gasteiger partial charge in [-0.05, 0) is 42.5 Å². The van der Waals surface area contributed by atoms with Crippen LogP contribution in [0.25, 0.3) is 0 Å². The number of aryl methyl sites for hydroxylation is 2. The summed E-state index contributed by atoms with van der Waals surface area (Å²) in [5.41, 5.74) is 2.84. The quantitative estimate of drug-likeness (QED) is 0.563. The highest BCUT2D eigenvalue weighted by Crippen LogP contribution is 2.26. The summed E-state index contributed by atoms with van der Waals surface area (Å²) in [6, 6.07) is 6.17. The maximum atomic E-state index is 7.45. The highest BCUT2D eigenvalue weighted by atomic mass is 16.5. The van der Waals surface area contributed by atoms with E-state index >= 15 is 0 Å². The van der Waals surface area contributed by atoms with Crippen molar-refractivity contribution in [3.63, 3.8) is 0 Å². The lowest BCUT2D eigenvalue weighted by Gasteiger charge is -2.06.